The maximum absolute atomic E-state index is 13.3. The highest BCUT2D eigenvalue weighted by atomic mass is 35.5. The van der Waals surface area contributed by atoms with Crippen LogP contribution in [-0.4, -0.2) is 84.6 Å². The first-order chi connectivity index (χ1) is 17.3. The van der Waals surface area contributed by atoms with Crippen molar-refractivity contribution in [3.8, 4) is 0 Å². The lowest BCUT2D eigenvalue weighted by Crippen LogP contribution is -2.58. The van der Waals surface area contributed by atoms with Crippen LogP contribution in [0.1, 0.15) is 38.8 Å². The van der Waals surface area contributed by atoms with Gasteiger partial charge in [0.05, 0.1) is 18.2 Å². The minimum absolute atomic E-state index is 0.0313. The van der Waals surface area contributed by atoms with Crippen molar-refractivity contribution in [2.45, 2.75) is 39.3 Å². The van der Waals surface area contributed by atoms with Crippen LogP contribution in [0.2, 0.25) is 5.02 Å². The van der Waals surface area contributed by atoms with E-state index in [9.17, 15) is 14.4 Å². The Labute approximate surface area is 218 Å². The zero-order valence-corrected chi connectivity index (χ0v) is 22.0. The standard InChI is InChI=1S/C26H36ClN5O4/c1-5-11-28-25(34)31-14-13-30(16-18(31)4)17-21-22(24(33)36-7-3)23(19-9-8-10-20(27)15-19)29-26(35)32(21)12-6-2/h6,8-10,15,18,23H,2,5,7,11-14,16-17H2,1,3-4H3,(H,28,34)(H,29,35)/t18-,23+/m0/s1. The van der Waals surface area contributed by atoms with Gasteiger partial charge >= 0.3 is 18.0 Å². The molecule has 36 heavy (non-hydrogen) atoms. The van der Waals surface area contributed by atoms with Gasteiger partial charge in [-0.3, -0.25) is 9.80 Å². The molecule has 10 heteroatoms. The number of nitrogens with one attached hydrogen (secondary N) is 2. The molecule has 1 fully saturated rings. The molecule has 0 aliphatic carbocycles. The molecule has 0 spiro atoms. The summed E-state index contributed by atoms with van der Waals surface area (Å²) in [6, 6.07) is 5.96. The van der Waals surface area contributed by atoms with Crippen molar-refractivity contribution in [2.24, 2.45) is 0 Å². The normalized spacial score (nSPS) is 20.7. The van der Waals surface area contributed by atoms with Gasteiger partial charge in [0.15, 0.2) is 0 Å². The van der Waals surface area contributed by atoms with Crippen LogP contribution in [0.15, 0.2) is 48.2 Å². The monoisotopic (exact) mass is 517 g/mol. The van der Waals surface area contributed by atoms with Crippen LogP contribution in [0, 0.1) is 0 Å². The highest BCUT2D eigenvalue weighted by Gasteiger charge is 2.39. The molecule has 0 saturated carbocycles. The number of nitrogens with zero attached hydrogens (tertiary/aromatic N) is 3. The van der Waals surface area contributed by atoms with Gasteiger partial charge in [-0.05, 0) is 38.0 Å². The second kappa shape index (κ2) is 12.8. The third-order valence-electron chi connectivity index (χ3n) is 6.30. The Hall–Kier alpha value is -3.04. The van der Waals surface area contributed by atoms with Gasteiger partial charge in [-0.2, -0.15) is 0 Å². The number of urea groups is 2. The summed E-state index contributed by atoms with van der Waals surface area (Å²) >= 11 is 6.23. The highest BCUT2D eigenvalue weighted by molar-refractivity contribution is 6.30. The molecule has 4 amide bonds. The Morgan fingerprint density at radius 2 is 2.08 bits per heavy atom. The second-order valence-corrected chi connectivity index (χ2v) is 9.36. The van der Waals surface area contributed by atoms with Gasteiger partial charge in [0.2, 0.25) is 0 Å². The predicted octanol–water partition coefficient (Wildman–Crippen LogP) is 3.54. The zero-order chi connectivity index (χ0) is 26.2. The summed E-state index contributed by atoms with van der Waals surface area (Å²) in [5.74, 6) is -0.489. The molecule has 9 nitrogen and oxygen atoms in total. The van der Waals surface area contributed by atoms with E-state index in [4.69, 9.17) is 16.3 Å². The van der Waals surface area contributed by atoms with Crippen molar-refractivity contribution < 1.29 is 19.1 Å². The number of piperazine rings is 1. The first-order valence-electron chi connectivity index (χ1n) is 12.4. The molecule has 2 aliphatic rings. The van der Waals surface area contributed by atoms with Crippen LogP contribution in [0.5, 0.6) is 0 Å². The van der Waals surface area contributed by atoms with E-state index in [1.54, 1.807) is 31.2 Å². The van der Waals surface area contributed by atoms with Crippen molar-refractivity contribution in [1.82, 2.24) is 25.3 Å². The molecule has 196 valence electrons. The van der Waals surface area contributed by atoms with E-state index < -0.39 is 12.0 Å². The number of carbonyl (C=O) groups is 3. The van der Waals surface area contributed by atoms with E-state index in [2.05, 4.69) is 22.1 Å². The number of hydrogen-bond acceptors (Lipinski definition) is 5. The van der Waals surface area contributed by atoms with Gasteiger partial charge in [0.1, 0.15) is 0 Å². The van der Waals surface area contributed by atoms with Crippen LogP contribution in [-0.2, 0) is 9.53 Å². The van der Waals surface area contributed by atoms with Gasteiger partial charge < -0.3 is 20.3 Å². The van der Waals surface area contributed by atoms with Crippen LogP contribution in [0.25, 0.3) is 0 Å². The van der Waals surface area contributed by atoms with Crippen molar-refractivity contribution in [2.75, 3.05) is 45.9 Å². The number of halogens is 1. The molecule has 1 saturated heterocycles. The summed E-state index contributed by atoms with van der Waals surface area (Å²) in [6.45, 7) is 12.7. The molecule has 2 N–H and O–H groups in total. The Kier molecular flexibility index (Phi) is 9.78. The van der Waals surface area contributed by atoms with E-state index in [-0.39, 0.29) is 31.3 Å². The van der Waals surface area contributed by atoms with E-state index >= 15 is 0 Å². The van der Waals surface area contributed by atoms with Crippen molar-refractivity contribution in [1.29, 1.82) is 0 Å². The van der Waals surface area contributed by atoms with Crippen molar-refractivity contribution in [3.05, 3.63) is 58.8 Å². The topological polar surface area (TPSA) is 94.2 Å². The first kappa shape index (κ1) is 27.5. The van der Waals surface area contributed by atoms with E-state index in [0.29, 0.717) is 54.6 Å². The molecule has 0 radical (unpaired) electrons. The summed E-state index contributed by atoms with van der Waals surface area (Å²) in [6.07, 6.45) is 2.50. The fourth-order valence-electron chi connectivity index (χ4n) is 4.61. The molecule has 3 rings (SSSR count). The third kappa shape index (κ3) is 6.39. The minimum atomic E-state index is -0.704. The van der Waals surface area contributed by atoms with E-state index in [0.717, 1.165) is 6.42 Å². The predicted molar refractivity (Wildman–Crippen MR) is 140 cm³/mol. The molecular formula is C26H36ClN5O4. The van der Waals surface area contributed by atoms with Gasteiger partial charge in [-0.15, -0.1) is 6.58 Å². The smallest absolute Gasteiger partial charge is 0.338 e. The fraction of sp³-hybridized carbons (Fsp3) is 0.500. The Balaban J connectivity index is 1.96. The summed E-state index contributed by atoms with van der Waals surface area (Å²) in [7, 11) is 0. The Morgan fingerprint density at radius 1 is 1.31 bits per heavy atom. The number of esters is 1. The first-order valence-corrected chi connectivity index (χ1v) is 12.8. The average Bonchev–Trinajstić information content (AvgIpc) is 2.84. The number of hydrogen-bond donors (Lipinski definition) is 2. The van der Waals surface area contributed by atoms with Crippen LogP contribution in [0.3, 0.4) is 0 Å². The maximum Gasteiger partial charge on any atom is 0.338 e. The van der Waals surface area contributed by atoms with Crippen molar-refractivity contribution in [3.63, 3.8) is 0 Å². The van der Waals surface area contributed by atoms with Crippen LogP contribution < -0.4 is 10.6 Å². The molecule has 0 bridgehead atoms. The van der Waals surface area contributed by atoms with Gasteiger partial charge in [0.25, 0.3) is 0 Å². The largest absolute Gasteiger partial charge is 0.463 e. The van der Waals surface area contributed by atoms with E-state index in [1.165, 1.54) is 4.90 Å². The number of ether oxygens (including phenoxy) is 1. The quantitative estimate of drug-likeness (QED) is 0.386. The van der Waals surface area contributed by atoms with Crippen LogP contribution in [0.4, 0.5) is 9.59 Å². The van der Waals surface area contributed by atoms with Gasteiger partial charge in [-0.25, -0.2) is 14.4 Å². The molecule has 2 aliphatic heterocycles. The lowest BCUT2D eigenvalue weighted by atomic mass is 9.94. The zero-order valence-electron chi connectivity index (χ0n) is 21.3. The summed E-state index contributed by atoms with van der Waals surface area (Å²) in [5.41, 5.74) is 1.63. The lowest BCUT2D eigenvalue weighted by molar-refractivity contribution is -0.139. The molecule has 2 heterocycles. The summed E-state index contributed by atoms with van der Waals surface area (Å²) in [4.78, 5) is 44.5. The number of rotatable bonds is 9. The Bertz CT molecular complexity index is 1010. The van der Waals surface area contributed by atoms with Gasteiger partial charge in [0, 0.05) is 56.0 Å². The molecule has 0 unspecified atom stereocenters. The SMILES string of the molecule is C=CCN1C(=O)N[C@H](c2cccc(Cl)c2)C(C(=O)OCC)=C1CN1CCN(C(=O)NCCC)[C@@H](C)C1. The van der Waals surface area contributed by atoms with Crippen molar-refractivity contribution >= 4 is 29.6 Å². The van der Waals surface area contributed by atoms with Gasteiger partial charge in [-0.1, -0.05) is 36.7 Å². The van der Waals surface area contributed by atoms with E-state index in [1.807, 2.05) is 24.8 Å². The number of amides is 4. The molecule has 2 atom stereocenters. The average molecular weight is 518 g/mol. The fourth-order valence-corrected chi connectivity index (χ4v) is 4.80. The van der Waals surface area contributed by atoms with Crippen LogP contribution >= 0.6 is 11.6 Å². The minimum Gasteiger partial charge on any atom is -0.463 e. The summed E-state index contributed by atoms with van der Waals surface area (Å²) in [5, 5.41) is 6.39. The maximum atomic E-state index is 13.3. The molecular weight excluding hydrogens is 482 g/mol. The molecule has 0 aromatic heterocycles. The molecule has 1 aromatic carbocycles. The number of benzene rings is 1. The number of carbonyl (C=O) groups excluding carboxylic acids is 3. The highest BCUT2D eigenvalue weighted by Crippen LogP contribution is 2.33. The third-order valence-corrected chi connectivity index (χ3v) is 6.53. The summed E-state index contributed by atoms with van der Waals surface area (Å²) < 4.78 is 5.44. The lowest BCUT2D eigenvalue weighted by Gasteiger charge is -2.42. The molecule has 1 aromatic rings. The second-order valence-electron chi connectivity index (χ2n) is 8.93. The Morgan fingerprint density at radius 3 is 2.72 bits per heavy atom.